The summed E-state index contributed by atoms with van der Waals surface area (Å²) in [5, 5.41) is 0.163. The molecule has 0 fully saturated rings. The zero-order valence-corrected chi connectivity index (χ0v) is 14.4. The molecule has 1 rings (SSSR count). The van der Waals surface area contributed by atoms with Crippen LogP contribution in [0.25, 0.3) is 6.08 Å². The molecule has 0 aliphatic carbocycles. The van der Waals surface area contributed by atoms with Crippen molar-refractivity contribution in [3.05, 3.63) is 28.8 Å². The topological polar surface area (TPSA) is 72.9 Å². The lowest BCUT2D eigenvalue weighted by Gasteiger charge is -2.15. The zero-order chi connectivity index (χ0) is 16.9. The minimum atomic E-state index is -3.73. The van der Waals surface area contributed by atoms with Gasteiger partial charge in [-0.25, -0.2) is 17.5 Å². The predicted octanol–water partition coefficient (Wildman–Crippen LogP) is 2.18. The Hall–Kier alpha value is -1.57. The maximum atomic E-state index is 12.4. The predicted molar refractivity (Wildman–Crippen MR) is 84.5 cm³/mol. The van der Waals surface area contributed by atoms with Gasteiger partial charge in [0.2, 0.25) is 10.0 Å². The first-order chi connectivity index (χ1) is 10.2. The van der Waals surface area contributed by atoms with Crippen LogP contribution in [0.2, 0.25) is 5.02 Å². The van der Waals surface area contributed by atoms with Gasteiger partial charge < -0.3 is 9.47 Å². The summed E-state index contributed by atoms with van der Waals surface area (Å²) < 4.78 is 35.6. The van der Waals surface area contributed by atoms with Gasteiger partial charge in [-0.15, -0.1) is 0 Å². The van der Waals surface area contributed by atoms with E-state index in [0.29, 0.717) is 5.75 Å². The van der Waals surface area contributed by atoms with Gasteiger partial charge in [0.25, 0.3) is 0 Å². The van der Waals surface area contributed by atoms with Crippen molar-refractivity contribution in [2.45, 2.75) is 11.8 Å². The standard InChI is InChI=1S/C14H18ClNO5S/c1-5-21-14(17)7-6-10-8-12(20-4)11(15)9-13(10)22(18,19)16(2)3/h6-9H,5H2,1-4H3. The Bertz CT molecular complexity index is 683. The Balaban J connectivity index is 3.43. The van der Waals surface area contributed by atoms with Gasteiger partial charge >= 0.3 is 5.97 Å². The van der Waals surface area contributed by atoms with Gasteiger partial charge in [0, 0.05) is 20.2 Å². The van der Waals surface area contributed by atoms with Crippen LogP contribution in [-0.4, -0.2) is 46.5 Å². The molecular formula is C14H18ClNO5S. The maximum absolute atomic E-state index is 12.4. The number of halogens is 1. The Morgan fingerprint density at radius 1 is 1.36 bits per heavy atom. The molecule has 22 heavy (non-hydrogen) atoms. The maximum Gasteiger partial charge on any atom is 0.330 e. The van der Waals surface area contributed by atoms with Crippen LogP contribution >= 0.6 is 11.6 Å². The third kappa shape index (κ3) is 4.22. The number of esters is 1. The van der Waals surface area contributed by atoms with Crippen LogP contribution in [0.5, 0.6) is 5.75 Å². The molecule has 0 unspecified atom stereocenters. The first-order valence-corrected chi connectivity index (χ1v) is 8.20. The monoisotopic (exact) mass is 347 g/mol. The van der Waals surface area contributed by atoms with E-state index in [-0.39, 0.29) is 22.1 Å². The van der Waals surface area contributed by atoms with Crippen molar-refractivity contribution in [1.82, 2.24) is 4.31 Å². The fourth-order valence-electron chi connectivity index (χ4n) is 1.61. The summed E-state index contributed by atoms with van der Waals surface area (Å²) in [4.78, 5) is 11.4. The molecule has 1 aromatic rings. The molecule has 0 atom stereocenters. The van der Waals surface area contributed by atoms with Gasteiger partial charge in [0.15, 0.2) is 0 Å². The van der Waals surface area contributed by atoms with Crippen LogP contribution in [0, 0.1) is 0 Å². The van der Waals surface area contributed by atoms with Crippen molar-refractivity contribution in [2.75, 3.05) is 27.8 Å². The van der Waals surface area contributed by atoms with Crippen molar-refractivity contribution >= 4 is 33.7 Å². The van der Waals surface area contributed by atoms with E-state index in [0.717, 1.165) is 10.4 Å². The molecule has 0 aliphatic rings. The second-order valence-corrected chi connectivity index (χ2v) is 6.92. The Labute approximate surface area is 135 Å². The number of benzene rings is 1. The number of rotatable bonds is 6. The average molecular weight is 348 g/mol. The van der Waals surface area contributed by atoms with Gasteiger partial charge in [-0.1, -0.05) is 11.6 Å². The Kier molecular flexibility index (Phi) is 6.40. The highest BCUT2D eigenvalue weighted by Crippen LogP contribution is 2.32. The van der Waals surface area contributed by atoms with Gasteiger partial charge in [-0.3, -0.25) is 0 Å². The normalized spacial score (nSPS) is 11.9. The first kappa shape index (κ1) is 18.5. The second-order valence-electron chi connectivity index (χ2n) is 4.40. The first-order valence-electron chi connectivity index (χ1n) is 6.39. The number of carbonyl (C=O) groups is 1. The van der Waals surface area contributed by atoms with Gasteiger partial charge in [-0.2, -0.15) is 0 Å². The molecule has 0 heterocycles. The van der Waals surface area contributed by atoms with Crippen LogP contribution in [0.15, 0.2) is 23.1 Å². The van der Waals surface area contributed by atoms with Crippen LogP contribution in [0.4, 0.5) is 0 Å². The van der Waals surface area contributed by atoms with E-state index in [1.807, 2.05) is 0 Å². The lowest BCUT2D eigenvalue weighted by molar-refractivity contribution is -0.137. The van der Waals surface area contributed by atoms with E-state index in [9.17, 15) is 13.2 Å². The fourth-order valence-corrected chi connectivity index (χ4v) is 3.00. The van der Waals surface area contributed by atoms with Crippen molar-refractivity contribution in [1.29, 1.82) is 0 Å². The molecule has 0 aliphatic heterocycles. The summed E-state index contributed by atoms with van der Waals surface area (Å²) in [7, 11) is 0.510. The van der Waals surface area contributed by atoms with Gasteiger partial charge in [-0.05, 0) is 30.7 Å². The molecule has 0 aromatic heterocycles. The number of nitrogens with zero attached hydrogens (tertiary/aromatic N) is 1. The molecule has 122 valence electrons. The van der Waals surface area contributed by atoms with Crippen LogP contribution in [-0.2, 0) is 19.6 Å². The molecule has 0 spiro atoms. The Morgan fingerprint density at radius 3 is 2.50 bits per heavy atom. The third-order valence-corrected chi connectivity index (χ3v) is 4.89. The largest absolute Gasteiger partial charge is 0.495 e. The summed E-state index contributed by atoms with van der Waals surface area (Å²) in [5.74, 6) is -0.257. The number of carbonyl (C=O) groups excluding carboxylic acids is 1. The third-order valence-electron chi connectivity index (χ3n) is 2.73. The van der Waals surface area contributed by atoms with Crippen LogP contribution in [0.1, 0.15) is 12.5 Å². The summed E-state index contributed by atoms with van der Waals surface area (Å²) in [6.45, 7) is 1.91. The van der Waals surface area contributed by atoms with Crippen LogP contribution < -0.4 is 4.74 Å². The molecule has 0 N–H and O–H groups in total. The minimum absolute atomic E-state index is 0.0242. The highest BCUT2D eigenvalue weighted by Gasteiger charge is 2.22. The molecule has 6 nitrogen and oxygen atoms in total. The lowest BCUT2D eigenvalue weighted by atomic mass is 10.2. The summed E-state index contributed by atoms with van der Waals surface area (Å²) in [6, 6.07) is 2.75. The highest BCUT2D eigenvalue weighted by atomic mass is 35.5. The number of hydrogen-bond acceptors (Lipinski definition) is 5. The van der Waals surface area contributed by atoms with Gasteiger partial charge in [0.1, 0.15) is 5.75 Å². The smallest absolute Gasteiger partial charge is 0.330 e. The van der Waals surface area contributed by atoms with Crippen molar-refractivity contribution in [3.63, 3.8) is 0 Å². The van der Waals surface area contributed by atoms with Crippen molar-refractivity contribution in [3.8, 4) is 5.75 Å². The molecule has 0 saturated heterocycles. The molecule has 0 bridgehead atoms. The number of methoxy groups -OCH3 is 1. The molecule has 0 saturated carbocycles. The molecule has 1 aromatic carbocycles. The average Bonchev–Trinajstić information content (AvgIpc) is 2.45. The van der Waals surface area contributed by atoms with E-state index in [2.05, 4.69) is 0 Å². The number of hydrogen-bond donors (Lipinski definition) is 0. The fraction of sp³-hybridized carbons (Fsp3) is 0.357. The van der Waals surface area contributed by atoms with E-state index in [1.54, 1.807) is 6.92 Å². The summed E-state index contributed by atoms with van der Waals surface area (Å²) in [6.07, 6.45) is 2.51. The highest BCUT2D eigenvalue weighted by molar-refractivity contribution is 7.89. The van der Waals surface area contributed by atoms with Crippen molar-refractivity contribution in [2.24, 2.45) is 0 Å². The van der Waals surface area contributed by atoms with Crippen molar-refractivity contribution < 1.29 is 22.7 Å². The van der Waals surface area contributed by atoms with E-state index >= 15 is 0 Å². The zero-order valence-electron chi connectivity index (χ0n) is 12.8. The van der Waals surface area contributed by atoms with E-state index in [1.165, 1.54) is 39.4 Å². The van der Waals surface area contributed by atoms with Gasteiger partial charge in [0.05, 0.1) is 23.6 Å². The van der Waals surface area contributed by atoms with Crippen LogP contribution in [0.3, 0.4) is 0 Å². The Morgan fingerprint density at radius 2 is 2.00 bits per heavy atom. The number of sulfonamides is 1. The molecule has 0 amide bonds. The molecule has 0 radical (unpaired) electrons. The SMILES string of the molecule is CCOC(=O)C=Cc1cc(OC)c(Cl)cc1S(=O)(=O)N(C)C. The summed E-state index contributed by atoms with van der Waals surface area (Å²) in [5.41, 5.74) is 0.281. The summed E-state index contributed by atoms with van der Waals surface area (Å²) >= 11 is 6.00. The molecular weight excluding hydrogens is 330 g/mol. The van der Waals surface area contributed by atoms with E-state index in [4.69, 9.17) is 21.1 Å². The minimum Gasteiger partial charge on any atom is -0.495 e. The lowest BCUT2D eigenvalue weighted by Crippen LogP contribution is -2.23. The molecule has 8 heteroatoms. The number of ether oxygens (including phenoxy) is 2. The quantitative estimate of drug-likeness (QED) is 0.582. The second kappa shape index (κ2) is 7.62. The van der Waals surface area contributed by atoms with E-state index < -0.39 is 16.0 Å².